The Labute approximate surface area is 78.9 Å². The van der Waals surface area contributed by atoms with Gasteiger partial charge in [-0.1, -0.05) is 0 Å². The van der Waals surface area contributed by atoms with Crippen molar-refractivity contribution in [2.75, 3.05) is 14.2 Å². The van der Waals surface area contributed by atoms with Gasteiger partial charge in [-0.25, -0.2) is 0 Å². The number of ether oxygens (including phenoxy) is 1. The first-order valence-corrected chi connectivity index (χ1v) is 4.46. The third kappa shape index (κ3) is 2.21. The summed E-state index contributed by atoms with van der Waals surface area (Å²) in [5.41, 5.74) is 1.15. The molecule has 1 heterocycles. The highest BCUT2D eigenvalue weighted by Gasteiger charge is 2.09. The molecule has 0 atom stereocenters. The van der Waals surface area contributed by atoms with Crippen molar-refractivity contribution in [3.63, 3.8) is 0 Å². The van der Waals surface area contributed by atoms with Crippen LogP contribution in [0.5, 0.6) is 5.88 Å². The number of hydrogen-bond acceptors (Lipinski definition) is 3. The molecule has 0 fully saturated rings. The second-order valence-electron chi connectivity index (χ2n) is 3.25. The lowest BCUT2D eigenvalue weighted by Gasteiger charge is -2.09. The molecule has 0 radical (unpaired) electrons. The predicted molar refractivity (Wildman–Crippen MR) is 51.9 cm³/mol. The minimum Gasteiger partial charge on any atom is -0.480 e. The lowest BCUT2D eigenvalue weighted by atomic mass is 10.3. The van der Waals surface area contributed by atoms with Crippen LogP contribution in [0.2, 0.25) is 0 Å². The summed E-state index contributed by atoms with van der Waals surface area (Å²) in [4.78, 5) is 0. The van der Waals surface area contributed by atoms with Gasteiger partial charge in [0.2, 0.25) is 5.88 Å². The lowest BCUT2D eigenvalue weighted by molar-refractivity contribution is 0.381. The lowest BCUT2D eigenvalue weighted by Crippen LogP contribution is -2.13. The van der Waals surface area contributed by atoms with E-state index in [0.717, 1.165) is 12.2 Å². The molecule has 0 unspecified atom stereocenters. The third-order valence-electron chi connectivity index (χ3n) is 1.85. The third-order valence-corrected chi connectivity index (χ3v) is 1.85. The maximum atomic E-state index is 5.07. The van der Waals surface area contributed by atoms with Crippen molar-refractivity contribution in [1.82, 2.24) is 15.1 Å². The van der Waals surface area contributed by atoms with Crippen LogP contribution in [0.3, 0.4) is 0 Å². The molecule has 0 amide bonds. The highest BCUT2D eigenvalue weighted by atomic mass is 16.5. The fourth-order valence-corrected chi connectivity index (χ4v) is 1.27. The van der Waals surface area contributed by atoms with Crippen LogP contribution < -0.4 is 10.1 Å². The molecule has 0 aromatic carbocycles. The first-order valence-electron chi connectivity index (χ1n) is 4.46. The molecule has 1 N–H and O–H groups in total. The van der Waals surface area contributed by atoms with Gasteiger partial charge in [0.05, 0.1) is 12.8 Å². The minimum absolute atomic E-state index is 0.368. The van der Waals surface area contributed by atoms with Crippen molar-refractivity contribution in [2.45, 2.75) is 26.4 Å². The van der Waals surface area contributed by atoms with Gasteiger partial charge in [0.1, 0.15) is 0 Å². The smallest absolute Gasteiger partial charge is 0.232 e. The van der Waals surface area contributed by atoms with Gasteiger partial charge in [-0.3, -0.25) is 4.68 Å². The van der Waals surface area contributed by atoms with Gasteiger partial charge < -0.3 is 10.1 Å². The van der Waals surface area contributed by atoms with E-state index in [4.69, 9.17) is 4.74 Å². The molecule has 4 nitrogen and oxygen atoms in total. The highest BCUT2D eigenvalue weighted by molar-refractivity contribution is 5.16. The molecule has 0 spiro atoms. The first kappa shape index (κ1) is 10.1. The molecule has 0 saturated heterocycles. The number of nitrogens with zero attached hydrogens (tertiary/aromatic N) is 2. The highest BCUT2D eigenvalue weighted by Crippen LogP contribution is 2.15. The van der Waals surface area contributed by atoms with Crippen LogP contribution in [0, 0.1) is 0 Å². The zero-order valence-electron chi connectivity index (χ0n) is 8.66. The Hall–Kier alpha value is -1.03. The Kier molecular flexibility index (Phi) is 3.31. The van der Waals surface area contributed by atoms with Gasteiger partial charge in [0.25, 0.3) is 0 Å². The summed E-state index contributed by atoms with van der Waals surface area (Å²) in [5.74, 6) is 0.680. The Morgan fingerprint density at radius 3 is 2.77 bits per heavy atom. The zero-order valence-corrected chi connectivity index (χ0v) is 8.66. The van der Waals surface area contributed by atoms with Crippen LogP contribution in [-0.4, -0.2) is 23.9 Å². The summed E-state index contributed by atoms with van der Waals surface area (Å²) < 4.78 is 7.04. The molecule has 13 heavy (non-hydrogen) atoms. The molecule has 74 valence electrons. The number of rotatable bonds is 4. The summed E-state index contributed by atoms with van der Waals surface area (Å²) in [6.45, 7) is 5.02. The van der Waals surface area contributed by atoms with Gasteiger partial charge in [0.15, 0.2) is 0 Å². The average molecular weight is 183 g/mol. The predicted octanol–water partition coefficient (Wildman–Crippen LogP) is 1.19. The van der Waals surface area contributed by atoms with E-state index in [1.807, 2.05) is 17.8 Å². The van der Waals surface area contributed by atoms with E-state index < -0.39 is 0 Å². The van der Waals surface area contributed by atoms with Crippen molar-refractivity contribution in [1.29, 1.82) is 0 Å². The van der Waals surface area contributed by atoms with E-state index in [2.05, 4.69) is 24.3 Å². The Bertz CT molecular complexity index is 268. The maximum Gasteiger partial charge on any atom is 0.232 e. The first-order chi connectivity index (χ1) is 6.19. The van der Waals surface area contributed by atoms with Crippen molar-refractivity contribution >= 4 is 0 Å². The average Bonchev–Trinajstić information content (AvgIpc) is 2.48. The number of aromatic nitrogens is 2. The Morgan fingerprint density at radius 2 is 2.31 bits per heavy atom. The maximum absolute atomic E-state index is 5.07. The molecule has 0 aliphatic rings. The standard InChI is InChI=1S/C9H17N3O/c1-7(2)12-8(6-10-3)5-9(11-12)13-4/h5,7,10H,6H2,1-4H3. The quantitative estimate of drug-likeness (QED) is 0.762. The summed E-state index contributed by atoms with van der Waals surface area (Å²) in [6.07, 6.45) is 0. The van der Waals surface area contributed by atoms with Crippen molar-refractivity contribution in [3.8, 4) is 5.88 Å². The van der Waals surface area contributed by atoms with Crippen LogP contribution in [0.1, 0.15) is 25.6 Å². The number of methoxy groups -OCH3 is 1. The van der Waals surface area contributed by atoms with Crippen LogP contribution in [0.4, 0.5) is 0 Å². The van der Waals surface area contributed by atoms with E-state index in [9.17, 15) is 0 Å². The topological polar surface area (TPSA) is 39.1 Å². The normalized spacial score (nSPS) is 10.8. The largest absolute Gasteiger partial charge is 0.480 e. The molecule has 4 heteroatoms. The van der Waals surface area contributed by atoms with E-state index in [1.54, 1.807) is 7.11 Å². The molecular weight excluding hydrogens is 166 g/mol. The molecular formula is C9H17N3O. The van der Waals surface area contributed by atoms with Crippen LogP contribution >= 0.6 is 0 Å². The molecule has 0 bridgehead atoms. The van der Waals surface area contributed by atoms with Gasteiger partial charge >= 0.3 is 0 Å². The van der Waals surface area contributed by atoms with Crippen molar-refractivity contribution in [2.24, 2.45) is 0 Å². The number of nitrogens with one attached hydrogen (secondary N) is 1. The van der Waals surface area contributed by atoms with Crippen LogP contribution in [0.15, 0.2) is 6.07 Å². The second-order valence-corrected chi connectivity index (χ2v) is 3.25. The zero-order chi connectivity index (χ0) is 9.84. The molecule has 0 aliphatic heterocycles. The Morgan fingerprint density at radius 1 is 1.62 bits per heavy atom. The van der Waals surface area contributed by atoms with Gasteiger partial charge in [-0.05, 0) is 20.9 Å². The van der Waals surface area contributed by atoms with Crippen LogP contribution in [-0.2, 0) is 6.54 Å². The summed E-state index contributed by atoms with van der Waals surface area (Å²) in [7, 11) is 3.56. The van der Waals surface area contributed by atoms with E-state index >= 15 is 0 Å². The van der Waals surface area contributed by atoms with Gasteiger partial charge in [-0.2, -0.15) is 0 Å². The summed E-state index contributed by atoms with van der Waals surface area (Å²) in [5, 5.41) is 7.40. The molecule has 1 rings (SSSR count). The van der Waals surface area contributed by atoms with E-state index in [0.29, 0.717) is 11.9 Å². The van der Waals surface area contributed by atoms with Gasteiger partial charge in [-0.15, -0.1) is 5.10 Å². The molecule has 1 aromatic rings. The number of hydrogen-bond donors (Lipinski definition) is 1. The van der Waals surface area contributed by atoms with E-state index in [-0.39, 0.29) is 0 Å². The fourth-order valence-electron chi connectivity index (χ4n) is 1.27. The minimum atomic E-state index is 0.368. The summed E-state index contributed by atoms with van der Waals surface area (Å²) in [6, 6.07) is 2.32. The molecule has 1 aromatic heterocycles. The molecule has 0 saturated carbocycles. The second kappa shape index (κ2) is 4.28. The summed E-state index contributed by atoms with van der Waals surface area (Å²) >= 11 is 0. The molecule has 0 aliphatic carbocycles. The van der Waals surface area contributed by atoms with Crippen molar-refractivity contribution in [3.05, 3.63) is 11.8 Å². The monoisotopic (exact) mass is 183 g/mol. The van der Waals surface area contributed by atoms with E-state index in [1.165, 1.54) is 0 Å². The van der Waals surface area contributed by atoms with Crippen LogP contribution in [0.25, 0.3) is 0 Å². The van der Waals surface area contributed by atoms with Gasteiger partial charge in [0, 0.05) is 18.7 Å². The van der Waals surface area contributed by atoms with Crippen molar-refractivity contribution < 1.29 is 4.74 Å². The SMILES string of the molecule is CNCc1cc(OC)nn1C(C)C. The fraction of sp³-hybridized carbons (Fsp3) is 0.667. The Balaban J connectivity index is 2.93.